The summed E-state index contributed by atoms with van der Waals surface area (Å²) in [5.41, 5.74) is 0. The molecule has 1 aromatic rings. The lowest BCUT2D eigenvalue weighted by Crippen LogP contribution is -2.37. The molecule has 2 rings (SSSR count). The average molecular weight is 286 g/mol. The van der Waals surface area contributed by atoms with Crippen LogP contribution >= 0.6 is 0 Å². The smallest absolute Gasteiger partial charge is 0.224 e. The highest BCUT2D eigenvalue weighted by Crippen LogP contribution is 2.21. The Balaban J connectivity index is 1.92. The van der Waals surface area contributed by atoms with Crippen LogP contribution in [0.5, 0.6) is 0 Å². The van der Waals surface area contributed by atoms with Crippen molar-refractivity contribution in [2.75, 3.05) is 6.54 Å². The zero-order chi connectivity index (χ0) is 14.0. The van der Waals surface area contributed by atoms with E-state index in [9.17, 15) is 13.2 Å². The summed E-state index contributed by atoms with van der Waals surface area (Å²) in [6, 6.07) is 3.67. The van der Waals surface area contributed by atoms with Crippen LogP contribution in [-0.4, -0.2) is 37.1 Å². The summed E-state index contributed by atoms with van der Waals surface area (Å²) in [6.45, 7) is 2.10. The first-order chi connectivity index (χ1) is 8.88. The molecule has 0 aromatic carbocycles. The van der Waals surface area contributed by atoms with Crippen molar-refractivity contribution < 1.29 is 17.6 Å². The van der Waals surface area contributed by atoms with Gasteiger partial charge in [0.05, 0.1) is 6.26 Å². The number of likely N-dealkylation sites (tertiary alicyclic amines) is 1. The summed E-state index contributed by atoms with van der Waals surface area (Å²) in [4.78, 5) is 13.4. The largest absolute Gasteiger partial charge is 0.469 e. The van der Waals surface area contributed by atoms with Gasteiger partial charge in [0.2, 0.25) is 15.9 Å². The molecule has 19 heavy (non-hydrogen) atoms. The summed E-state index contributed by atoms with van der Waals surface area (Å²) in [7, 11) is -3.64. The summed E-state index contributed by atoms with van der Waals surface area (Å²) >= 11 is 0. The number of rotatable bonds is 5. The van der Waals surface area contributed by atoms with Crippen molar-refractivity contribution >= 4 is 15.9 Å². The highest BCUT2D eigenvalue weighted by Gasteiger charge is 2.38. The van der Waals surface area contributed by atoms with Crippen molar-refractivity contribution in [2.24, 2.45) is 5.14 Å². The topological polar surface area (TPSA) is 93.6 Å². The summed E-state index contributed by atoms with van der Waals surface area (Å²) in [5, 5.41) is 4.32. The Kier molecular flexibility index (Phi) is 3.96. The van der Waals surface area contributed by atoms with Crippen LogP contribution in [0.1, 0.15) is 25.5 Å². The van der Waals surface area contributed by atoms with Crippen LogP contribution in [0.2, 0.25) is 0 Å². The number of nitrogens with zero attached hydrogens (tertiary/aromatic N) is 1. The predicted octanol–water partition coefficient (Wildman–Crippen LogP) is 0.490. The number of primary sulfonamides is 1. The highest BCUT2D eigenvalue weighted by atomic mass is 32.2. The van der Waals surface area contributed by atoms with E-state index in [0.29, 0.717) is 0 Å². The first kappa shape index (κ1) is 14.1. The Hall–Kier alpha value is -1.34. The molecule has 2 N–H and O–H groups in total. The number of amides is 1. The van der Waals surface area contributed by atoms with Gasteiger partial charge in [0.25, 0.3) is 0 Å². The van der Waals surface area contributed by atoms with Crippen LogP contribution in [-0.2, 0) is 21.2 Å². The normalized spacial score (nSPS) is 21.9. The number of carbonyl (C=O) groups is 1. The number of aryl methyl sites for hydroxylation is 1. The zero-order valence-electron chi connectivity index (χ0n) is 10.8. The van der Waals surface area contributed by atoms with E-state index in [2.05, 4.69) is 0 Å². The second-order valence-electron chi connectivity index (χ2n) is 4.93. The third kappa shape index (κ3) is 3.36. The Bertz CT molecular complexity index is 538. The van der Waals surface area contributed by atoms with Crippen molar-refractivity contribution in [3.63, 3.8) is 0 Å². The molecule has 2 atom stereocenters. The van der Waals surface area contributed by atoms with E-state index in [1.165, 1.54) is 0 Å². The molecule has 1 aliphatic rings. The van der Waals surface area contributed by atoms with Crippen molar-refractivity contribution in [1.29, 1.82) is 0 Å². The van der Waals surface area contributed by atoms with Crippen LogP contribution in [0.3, 0.4) is 0 Å². The monoisotopic (exact) mass is 286 g/mol. The minimum absolute atomic E-state index is 0.00999. The van der Waals surface area contributed by atoms with Crippen LogP contribution in [0.15, 0.2) is 22.8 Å². The first-order valence-corrected chi connectivity index (χ1v) is 7.82. The van der Waals surface area contributed by atoms with Gasteiger partial charge in [-0.15, -0.1) is 0 Å². The third-order valence-corrected chi connectivity index (χ3v) is 4.75. The molecule has 1 fully saturated rings. The van der Waals surface area contributed by atoms with Gasteiger partial charge in [0.15, 0.2) is 0 Å². The summed E-state index contributed by atoms with van der Waals surface area (Å²) < 4.78 is 27.8. The maximum Gasteiger partial charge on any atom is 0.224 e. The van der Waals surface area contributed by atoms with E-state index in [0.717, 1.165) is 18.6 Å². The molecular weight excluding hydrogens is 268 g/mol. The maximum atomic E-state index is 11.8. The van der Waals surface area contributed by atoms with Gasteiger partial charge in [0, 0.05) is 25.4 Å². The molecule has 0 saturated carbocycles. The molecule has 2 unspecified atom stereocenters. The quantitative estimate of drug-likeness (QED) is 0.852. The zero-order valence-corrected chi connectivity index (χ0v) is 11.6. The van der Waals surface area contributed by atoms with Gasteiger partial charge < -0.3 is 9.32 Å². The van der Waals surface area contributed by atoms with Gasteiger partial charge in [-0.05, 0) is 25.5 Å². The fourth-order valence-corrected chi connectivity index (χ4v) is 3.05. The predicted molar refractivity (Wildman–Crippen MR) is 69.7 cm³/mol. The van der Waals surface area contributed by atoms with E-state index < -0.39 is 15.3 Å². The minimum atomic E-state index is -3.64. The van der Waals surface area contributed by atoms with Crippen molar-refractivity contribution in [3.05, 3.63) is 24.2 Å². The Morgan fingerprint density at radius 2 is 2.32 bits per heavy atom. The van der Waals surface area contributed by atoms with Crippen LogP contribution < -0.4 is 5.14 Å². The lowest BCUT2D eigenvalue weighted by molar-refractivity contribution is -0.129. The number of hydrogen-bond acceptors (Lipinski definition) is 4. The highest BCUT2D eigenvalue weighted by molar-refractivity contribution is 7.89. The van der Waals surface area contributed by atoms with Crippen molar-refractivity contribution in [1.82, 2.24) is 4.90 Å². The number of sulfonamides is 1. The summed E-state index contributed by atoms with van der Waals surface area (Å²) in [5.74, 6) is 0.715. The molecule has 7 heteroatoms. The van der Waals surface area contributed by atoms with E-state index in [4.69, 9.17) is 9.56 Å². The number of nitrogens with two attached hydrogens (primary N) is 1. The van der Waals surface area contributed by atoms with Crippen LogP contribution in [0, 0.1) is 0 Å². The molecule has 1 aliphatic heterocycles. The van der Waals surface area contributed by atoms with E-state index >= 15 is 0 Å². The fourth-order valence-electron chi connectivity index (χ4n) is 2.31. The standard InChI is InChI=1S/C12H18N2O4S/c1-9(4-5-10-3-2-6-18-10)14-8-11(7-12(14)15)19(13,16)17/h2-3,6,9,11H,4-5,7-8H2,1H3,(H2,13,16,17). The minimum Gasteiger partial charge on any atom is -0.469 e. The number of carbonyl (C=O) groups excluding carboxylic acids is 1. The van der Waals surface area contributed by atoms with Gasteiger partial charge in [-0.1, -0.05) is 0 Å². The fraction of sp³-hybridized carbons (Fsp3) is 0.583. The molecule has 2 heterocycles. The van der Waals surface area contributed by atoms with Crippen molar-refractivity contribution in [3.8, 4) is 0 Å². The first-order valence-electron chi connectivity index (χ1n) is 6.21. The van der Waals surface area contributed by atoms with Gasteiger partial charge in [-0.2, -0.15) is 0 Å². The van der Waals surface area contributed by atoms with Gasteiger partial charge in [0.1, 0.15) is 11.0 Å². The van der Waals surface area contributed by atoms with E-state index in [-0.39, 0.29) is 24.9 Å². The van der Waals surface area contributed by atoms with Crippen LogP contribution in [0.4, 0.5) is 0 Å². The molecule has 106 valence electrons. The molecule has 0 spiro atoms. The Labute approximate surface area is 112 Å². The molecular formula is C12H18N2O4S. The number of hydrogen-bond donors (Lipinski definition) is 1. The second kappa shape index (κ2) is 5.34. The van der Waals surface area contributed by atoms with E-state index in [1.54, 1.807) is 11.2 Å². The second-order valence-corrected chi connectivity index (χ2v) is 6.77. The molecule has 0 bridgehead atoms. The maximum absolute atomic E-state index is 11.8. The molecule has 1 aromatic heterocycles. The summed E-state index contributed by atoms with van der Waals surface area (Å²) in [6.07, 6.45) is 3.05. The molecule has 0 radical (unpaired) electrons. The van der Waals surface area contributed by atoms with Gasteiger partial charge in [-0.25, -0.2) is 13.6 Å². The lowest BCUT2D eigenvalue weighted by Gasteiger charge is -2.24. The molecule has 1 amide bonds. The van der Waals surface area contributed by atoms with Gasteiger partial charge >= 0.3 is 0 Å². The third-order valence-electron chi connectivity index (χ3n) is 3.51. The molecule has 1 saturated heterocycles. The van der Waals surface area contributed by atoms with Crippen LogP contribution in [0.25, 0.3) is 0 Å². The number of furan rings is 1. The lowest BCUT2D eigenvalue weighted by atomic mass is 10.1. The Morgan fingerprint density at radius 1 is 1.58 bits per heavy atom. The SMILES string of the molecule is CC(CCc1ccco1)N1CC(S(N)(=O)=O)CC1=O. The van der Waals surface area contributed by atoms with E-state index in [1.807, 2.05) is 19.1 Å². The average Bonchev–Trinajstić information content (AvgIpc) is 2.93. The molecule has 0 aliphatic carbocycles. The molecule has 6 nitrogen and oxygen atoms in total. The van der Waals surface area contributed by atoms with Gasteiger partial charge in [-0.3, -0.25) is 4.79 Å². The Morgan fingerprint density at radius 3 is 2.84 bits per heavy atom. The van der Waals surface area contributed by atoms with Crippen molar-refractivity contribution in [2.45, 2.75) is 37.5 Å².